The van der Waals surface area contributed by atoms with E-state index in [1.807, 2.05) is 4.90 Å². The highest BCUT2D eigenvalue weighted by atomic mass is 19.1. The van der Waals surface area contributed by atoms with Crippen LogP contribution in [0, 0.1) is 5.82 Å². The van der Waals surface area contributed by atoms with Crippen molar-refractivity contribution in [2.24, 2.45) is 0 Å². The second-order valence-corrected chi connectivity index (χ2v) is 5.54. The largest absolute Gasteiger partial charge is 0.368 e. The Hall–Kier alpha value is -2.50. The Morgan fingerprint density at radius 1 is 1.09 bits per heavy atom. The van der Waals surface area contributed by atoms with Gasteiger partial charge < -0.3 is 9.80 Å². The summed E-state index contributed by atoms with van der Waals surface area (Å²) in [4.78, 5) is 24.5. The summed E-state index contributed by atoms with van der Waals surface area (Å²) in [7, 11) is 0. The van der Waals surface area contributed by atoms with E-state index < -0.39 is 0 Å². The van der Waals surface area contributed by atoms with Crippen molar-refractivity contribution < 1.29 is 9.18 Å². The summed E-state index contributed by atoms with van der Waals surface area (Å²) in [5, 5.41) is 0. The van der Waals surface area contributed by atoms with Crippen molar-refractivity contribution in [1.82, 2.24) is 14.9 Å². The third kappa shape index (κ3) is 4.03. The van der Waals surface area contributed by atoms with Crippen molar-refractivity contribution in [3.8, 4) is 0 Å². The molecule has 6 heteroatoms. The smallest absolute Gasteiger partial charge is 0.223 e. The van der Waals surface area contributed by atoms with Crippen LogP contribution in [0.4, 0.5) is 10.1 Å². The van der Waals surface area contributed by atoms with Gasteiger partial charge in [0.2, 0.25) is 5.91 Å². The molecule has 120 valence electrons. The topological polar surface area (TPSA) is 49.3 Å². The average molecular weight is 314 g/mol. The van der Waals surface area contributed by atoms with Gasteiger partial charge in [-0.25, -0.2) is 4.39 Å². The minimum Gasteiger partial charge on any atom is -0.368 e. The third-order valence-corrected chi connectivity index (χ3v) is 4.04. The number of benzene rings is 1. The molecule has 2 aromatic rings. The highest BCUT2D eigenvalue weighted by molar-refractivity contribution is 5.76. The van der Waals surface area contributed by atoms with Gasteiger partial charge in [0.05, 0.1) is 5.69 Å². The molecule has 2 heterocycles. The zero-order valence-corrected chi connectivity index (χ0v) is 12.9. The maximum absolute atomic E-state index is 13.0. The Balaban J connectivity index is 1.48. The lowest BCUT2D eigenvalue weighted by atomic mass is 10.2. The fraction of sp³-hybridized carbons (Fsp3) is 0.353. The second kappa shape index (κ2) is 7.17. The monoisotopic (exact) mass is 314 g/mol. The first-order valence-corrected chi connectivity index (χ1v) is 7.75. The summed E-state index contributed by atoms with van der Waals surface area (Å²) < 4.78 is 13.0. The van der Waals surface area contributed by atoms with Gasteiger partial charge in [-0.2, -0.15) is 0 Å². The first kappa shape index (κ1) is 15.4. The van der Waals surface area contributed by atoms with E-state index in [-0.39, 0.29) is 11.7 Å². The molecule has 1 amide bonds. The first-order chi connectivity index (χ1) is 11.2. The van der Waals surface area contributed by atoms with Crippen LogP contribution >= 0.6 is 0 Å². The lowest BCUT2D eigenvalue weighted by Crippen LogP contribution is -2.48. The molecule has 0 unspecified atom stereocenters. The fourth-order valence-corrected chi connectivity index (χ4v) is 2.72. The lowest BCUT2D eigenvalue weighted by Gasteiger charge is -2.36. The van der Waals surface area contributed by atoms with E-state index in [2.05, 4.69) is 14.9 Å². The predicted octanol–water partition coefficient (Wildman–Crippen LogP) is 1.90. The highest BCUT2D eigenvalue weighted by Gasteiger charge is 2.21. The maximum atomic E-state index is 13.0. The Bertz CT molecular complexity index is 639. The molecular weight excluding hydrogens is 295 g/mol. The number of amides is 1. The zero-order chi connectivity index (χ0) is 16.1. The summed E-state index contributed by atoms with van der Waals surface area (Å²) >= 11 is 0. The number of nitrogens with zero attached hydrogens (tertiary/aromatic N) is 4. The molecule has 23 heavy (non-hydrogen) atoms. The van der Waals surface area contributed by atoms with Gasteiger partial charge in [-0.1, -0.05) is 0 Å². The average Bonchev–Trinajstić information content (AvgIpc) is 2.61. The highest BCUT2D eigenvalue weighted by Crippen LogP contribution is 2.17. The summed E-state index contributed by atoms with van der Waals surface area (Å²) in [6.45, 7) is 2.92. The molecule has 0 bridgehead atoms. The number of carbonyl (C=O) groups excluding carboxylic acids is 1. The van der Waals surface area contributed by atoms with E-state index >= 15 is 0 Å². The van der Waals surface area contributed by atoms with Gasteiger partial charge in [0, 0.05) is 56.9 Å². The second-order valence-electron chi connectivity index (χ2n) is 5.54. The number of anilines is 1. The number of piperazine rings is 1. The van der Waals surface area contributed by atoms with E-state index in [0.717, 1.165) is 24.5 Å². The number of hydrogen-bond acceptors (Lipinski definition) is 4. The Morgan fingerprint density at radius 2 is 1.83 bits per heavy atom. The molecule has 0 saturated carbocycles. The van der Waals surface area contributed by atoms with Crippen LogP contribution in [0.3, 0.4) is 0 Å². The van der Waals surface area contributed by atoms with Gasteiger partial charge in [0.25, 0.3) is 0 Å². The van der Waals surface area contributed by atoms with Gasteiger partial charge >= 0.3 is 0 Å². The number of aryl methyl sites for hydroxylation is 1. The molecule has 1 fully saturated rings. The van der Waals surface area contributed by atoms with E-state index in [1.54, 1.807) is 30.7 Å². The van der Waals surface area contributed by atoms with Crippen LogP contribution in [-0.4, -0.2) is 47.0 Å². The lowest BCUT2D eigenvalue weighted by molar-refractivity contribution is -0.131. The third-order valence-electron chi connectivity index (χ3n) is 4.04. The molecular formula is C17H19FN4O. The molecule has 0 aliphatic carbocycles. The fourth-order valence-electron chi connectivity index (χ4n) is 2.72. The SMILES string of the molecule is O=C(CCc1cnccn1)N1CCN(c2ccc(F)cc2)CC1. The van der Waals surface area contributed by atoms with Gasteiger partial charge in [-0.05, 0) is 30.7 Å². The van der Waals surface area contributed by atoms with Gasteiger partial charge in [0.15, 0.2) is 0 Å². The van der Waals surface area contributed by atoms with Crippen LogP contribution < -0.4 is 4.90 Å². The molecule has 1 saturated heterocycles. The van der Waals surface area contributed by atoms with Gasteiger partial charge in [0.1, 0.15) is 5.82 Å². The summed E-state index contributed by atoms with van der Waals surface area (Å²) in [6, 6.07) is 6.49. The minimum atomic E-state index is -0.230. The van der Waals surface area contributed by atoms with Crippen molar-refractivity contribution in [3.05, 3.63) is 54.4 Å². The molecule has 3 rings (SSSR count). The number of halogens is 1. The first-order valence-electron chi connectivity index (χ1n) is 7.75. The Morgan fingerprint density at radius 3 is 2.48 bits per heavy atom. The number of rotatable bonds is 4. The predicted molar refractivity (Wildman–Crippen MR) is 85.5 cm³/mol. The standard InChI is InChI=1S/C17H19FN4O/c18-14-1-4-16(5-2-14)21-9-11-22(12-10-21)17(23)6-3-15-13-19-7-8-20-15/h1-2,4-5,7-8,13H,3,6,9-12H2. The quantitative estimate of drug-likeness (QED) is 0.865. The van der Waals surface area contributed by atoms with Crippen LogP contribution in [0.15, 0.2) is 42.9 Å². The number of aromatic nitrogens is 2. The Kier molecular flexibility index (Phi) is 4.80. The zero-order valence-electron chi connectivity index (χ0n) is 12.9. The number of hydrogen-bond donors (Lipinski definition) is 0. The van der Waals surface area contributed by atoms with Crippen molar-refractivity contribution in [2.45, 2.75) is 12.8 Å². The van der Waals surface area contributed by atoms with Crippen LogP contribution in [0.5, 0.6) is 0 Å². The van der Waals surface area contributed by atoms with Crippen molar-refractivity contribution in [1.29, 1.82) is 0 Å². The molecule has 0 atom stereocenters. The Labute approximate surface area is 134 Å². The van der Waals surface area contributed by atoms with E-state index in [1.165, 1.54) is 12.1 Å². The minimum absolute atomic E-state index is 0.148. The summed E-state index contributed by atoms with van der Waals surface area (Å²) in [5.74, 6) is -0.0824. The summed E-state index contributed by atoms with van der Waals surface area (Å²) in [5.41, 5.74) is 1.84. The number of carbonyl (C=O) groups is 1. The maximum Gasteiger partial charge on any atom is 0.223 e. The van der Waals surface area contributed by atoms with Crippen LogP contribution in [0.2, 0.25) is 0 Å². The van der Waals surface area contributed by atoms with Gasteiger partial charge in [-0.3, -0.25) is 14.8 Å². The molecule has 1 aromatic heterocycles. The van der Waals surface area contributed by atoms with E-state index in [0.29, 0.717) is 25.9 Å². The van der Waals surface area contributed by atoms with Crippen LogP contribution in [0.25, 0.3) is 0 Å². The van der Waals surface area contributed by atoms with Crippen molar-refractivity contribution in [2.75, 3.05) is 31.1 Å². The molecule has 1 aliphatic rings. The molecule has 0 radical (unpaired) electrons. The summed E-state index contributed by atoms with van der Waals surface area (Å²) in [6.07, 6.45) is 6.03. The van der Waals surface area contributed by atoms with Crippen molar-refractivity contribution in [3.63, 3.8) is 0 Å². The molecule has 5 nitrogen and oxygen atoms in total. The van der Waals surface area contributed by atoms with E-state index in [9.17, 15) is 9.18 Å². The molecule has 0 spiro atoms. The van der Waals surface area contributed by atoms with Gasteiger partial charge in [-0.15, -0.1) is 0 Å². The van der Waals surface area contributed by atoms with Crippen LogP contribution in [0.1, 0.15) is 12.1 Å². The molecule has 0 N–H and O–H groups in total. The van der Waals surface area contributed by atoms with Crippen molar-refractivity contribution >= 4 is 11.6 Å². The molecule has 1 aromatic carbocycles. The van der Waals surface area contributed by atoms with Crippen LogP contribution in [-0.2, 0) is 11.2 Å². The molecule has 1 aliphatic heterocycles. The van der Waals surface area contributed by atoms with E-state index in [4.69, 9.17) is 0 Å². The normalized spacial score (nSPS) is 14.8.